The summed E-state index contributed by atoms with van der Waals surface area (Å²) < 4.78 is 1.87. The van der Waals surface area contributed by atoms with Gasteiger partial charge in [-0.15, -0.1) is 0 Å². The lowest BCUT2D eigenvalue weighted by Gasteiger charge is -2.32. The van der Waals surface area contributed by atoms with Crippen LogP contribution < -0.4 is 5.32 Å². The van der Waals surface area contributed by atoms with E-state index in [9.17, 15) is 4.79 Å². The van der Waals surface area contributed by atoms with Crippen molar-refractivity contribution >= 4 is 5.91 Å². The van der Waals surface area contributed by atoms with E-state index >= 15 is 0 Å². The Morgan fingerprint density at radius 1 is 1.36 bits per heavy atom. The Hall–Kier alpha value is -2.14. The van der Waals surface area contributed by atoms with Crippen molar-refractivity contribution in [1.29, 1.82) is 0 Å². The van der Waals surface area contributed by atoms with Crippen LogP contribution in [0.3, 0.4) is 0 Å². The van der Waals surface area contributed by atoms with Gasteiger partial charge >= 0.3 is 0 Å². The highest BCUT2D eigenvalue weighted by Crippen LogP contribution is 2.19. The van der Waals surface area contributed by atoms with E-state index in [2.05, 4.69) is 10.3 Å². The minimum atomic E-state index is 0.0714. The van der Waals surface area contributed by atoms with Crippen molar-refractivity contribution < 1.29 is 4.79 Å². The molecular formula is C17H22N4O. The van der Waals surface area contributed by atoms with E-state index in [4.69, 9.17) is 0 Å². The predicted molar refractivity (Wildman–Crippen MR) is 86.1 cm³/mol. The van der Waals surface area contributed by atoms with Gasteiger partial charge in [-0.05, 0) is 44.5 Å². The van der Waals surface area contributed by atoms with Crippen molar-refractivity contribution in [3.8, 4) is 5.69 Å². The molecule has 1 fully saturated rings. The topological polar surface area (TPSA) is 50.2 Å². The molecule has 1 atom stereocenters. The van der Waals surface area contributed by atoms with Crippen LogP contribution in [0.5, 0.6) is 0 Å². The molecule has 0 unspecified atom stereocenters. The summed E-state index contributed by atoms with van der Waals surface area (Å²) in [6, 6.07) is 9.87. The quantitative estimate of drug-likeness (QED) is 0.938. The summed E-state index contributed by atoms with van der Waals surface area (Å²) in [7, 11) is 1.96. The summed E-state index contributed by atoms with van der Waals surface area (Å²) in [4.78, 5) is 19.0. The number of imidazole rings is 1. The number of amides is 1. The van der Waals surface area contributed by atoms with Crippen LogP contribution >= 0.6 is 0 Å². The maximum atomic E-state index is 12.8. The zero-order valence-corrected chi connectivity index (χ0v) is 12.9. The normalized spacial score (nSPS) is 18.4. The van der Waals surface area contributed by atoms with Gasteiger partial charge in [-0.1, -0.05) is 18.2 Å². The summed E-state index contributed by atoms with van der Waals surface area (Å²) in [5.41, 5.74) is 1.60. The van der Waals surface area contributed by atoms with Gasteiger partial charge in [0.1, 0.15) is 5.69 Å². The minimum absolute atomic E-state index is 0.0714. The van der Waals surface area contributed by atoms with Gasteiger partial charge in [0.25, 0.3) is 5.91 Å². The maximum absolute atomic E-state index is 12.8. The van der Waals surface area contributed by atoms with Crippen molar-refractivity contribution in [2.75, 3.05) is 26.7 Å². The minimum Gasteiger partial charge on any atom is -0.337 e. The molecule has 1 aliphatic rings. The molecule has 0 radical (unpaired) electrons. The SMILES string of the molecule is CNC[C@H]1CCCN(C(=O)c2cncn2-c2ccccc2)C1. The van der Waals surface area contributed by atoms with E-state index in [1.165, 1.54) is 6.42 Å². The first kappa shape index (κ1) is 14.8. The standard InChI is InChI=1S/C17H22N4O/c1-18-10-14-6-5-9-20(12-14)17(22)16-11-19-13-21(16)15-7-3-2-4-8-15/h2-4,7-8,11,13-14,18H,5-6,9-10,12H2,1H3/t14-/m1/s1. The molecule has 1 N–H and O–H groups in total. The number of carbonyl (C=O) groups excluding carboxylic acids is 1. The monoisotopic (exact) mass is 298 g/mol. The molecule has 1 aliphatic heterocycles. The fourth-order valence-electron chi connectivity index (χ4n) is 3.11. The van der Waals surface area contributed by atoms with Crippen LogP contribution in [0.25, 0.3) is 5.69 Å². The van der Waals surface area contributed by atoms with Gasteiger partial charge in [-0.25, -0.2) is 4.98 Å². The van der Waals surface area contributed by atoms with E-state index in [1.54, 1.807) is 12.5 Å². The summed E-state index contributed by atoms with van der Waals surface area (Å²) in [6.07, 6.45) is 5.62. The van der Waals surface area contributed by atoms with E-state index in [0.717, 1.165) is 31.7 Å². The lowest BCUT2D eigenvalue weighted by molar-refractivity contribution is 0.0666. The van der Waals surface area contributed by atoms with Crippen molar-refractivity contribution in [3.05, 3.63) is 48.5 Å². The van der Waals surface area contributed by atoms with Gasteiger partial charge in [0.05, 0.1) is 12.5 Å². The molecule has 0 bridgehead atoms. The molecule has 22 heavy (non-hydrogen) atoms. The zero-order valence-electron chi connectivity index (χ0n) is 12.9. The lowest BCUT2D eigenvalue weighted by atomic mass is 9.98. The summed E-state index contributed by atoms with van der Waals surface area (Å²) in [5.74, 6) is 0.609. The fraction of sp³-hybridized carbons (Fsp3) is 0.412. The summed E-state index contributed by atoms with van der Waals surface area (Å²) >= 11 is 0. The molecular weight excluding hydrogens is 276 g/mol. The number of para-hydroxylation sites is 1. The molecule has 5 heteroatoms. The molecule has 3 rings (SSSR count). The number of hydrogen-bond donors (Lipinski definition) is 1. The third kappa shape index (κ3) is 3.04. The first-order valence-corrected chi connectivity index (χ1v) is 7.81. The van der Waals surface area contributed by atoms with Gasteiger partial charge in [0.2, 0.25) is 0 Å². The Morgan fingerprint density at radius 2 is 2.18 bits per heavy atom. The Balaban J connectivity index is 1.80. The highest BCUT2D eigenvalue weighted by Gasteiger charge is 2.26. The van der Waals surface area contributed by atoms with Gasteiger partial charge in [-0.3, -0.25) is 9.36 Å². The van der Waals surface area contributed by atoms with Crippen molar-refractivity contribution in [2.45, 2.75) is 12.8 Å². The Morgan fingerprint density at radius 3 is 2.95 bits per heavy atom. The summed E-state index contributed by atoms with van der Waals surface area (Å²) in [6.45, 7) is 2.61. The van der Waals surface area contributed by atoms with E-state index in [-0.39, 0.29) is 5.91 Å². The van der Waals surface area contributed by atoms with Gasteiger partial charge in [0.15, 0.2) is 0 Å². The molecule has 5 nitrogen and oxygen atoms in total. The van der Waals surface area contributed by atoms with Gasteiger partial charge < -0.3 is 10.2 Å². The second-order valence-corrected chi connectivity index (χ2v) is 5.80. The summed E-state index contributed by atoms with van der Waals surface area (Å²) in [5, 5.41) is 3.21. The average Bonchev–Trinajstić information content (AvgIpc) is 3.05. The molecule has 1 aromatic heterocycles. The molecule has 1 amide bonds. The van der Waals surface area contributed by atoms with Crippen LogP contribution in [-0.4, -0.2) is 47.0 Å². The Bertz CT molecular complexity index is 621. The van der Waals surface area contributed by atoms with E-state index < -0.39 is 0 Å². The van der Waals surface area contributed by atoms with Crippen LogP contribution in [0.15, 0.2) is 42.9 Å². The predicted octanol–water partition coefficient (Wildman–Crippen LogP) is 1.94. The maximum Gasteiger partial charge on any atom is 0.272 e. The average molecular weight is 298 g/mol. The Kier molecular flexibility index (Phi) is 4.53. The number of benzene rings is 1. The first-order chi connectivity index (χ1) is 10.8. The van der Waals surface area contributed by atoms with E-state index in [1.807, 2.05) is 46.8 Å². The van der Waals surface area contributed by atoms with Crippen LogP contribution in [0.4, 0.5) is 0 Å². The van der Waals surface area contributed by atoms with Crippen LogP contribution in [0.1, 0.15) is 23.3 Å². The molecule has 2 heterocycles. The van der Waals surface area contributed by atoms with Crippen LogP contribution in [0.2, 0.25) is 0 Å². The molecule has 0 aliphatic carbocycles. The van der Waals surface area contributed by atoms with Crippen LogP contribution in [0, 0.1) is 5.92 Å². The highest BCUT2D eigenvalue weighted by atomic mass is 16.2. The van der Waals surface area contributed by atoms with Gasteiger partial charge in [0, 0.05) is 18.8 Å². The number of hydrogen-bond acceptors (Lipinski definition) is 3. The second kappa shape index (κ2) is 6.75. The van der Waals surface area contributed by atoms with Gasteiger partial charge in [-0.2, -0.15) is 0 Å². The van der Waals surface area contributed by atoms with Crippen molar-refractivity contribution in [1.82, 2.24) is 19.8 Å². The molecule has 2 aromatic rings. The third-order valence-electron chi connectivity index (χ3n) is 4.19. The number of piperidine rings is 1. The molecule has 116 valence electrons. The number of aromatic nitrogens is 2. The number of nitrogens with one attached hydrogen (secondary N) is 1. The first-order valence-electron chi connectivity index (χ1n) is 7.81. The third-order valence-corrected chi connectivity index (χ3v) is 4.19. The molecule has 0 spiro atoms. The molecule has 0 saturated carbocycles. The fourth-order valence-corrected chi connectivity index (χ4v) is 3.11. The van der Waals surface area contributed by atoms with Crippen LogP contribution in [-0.2, 0) is 0 Å². The highest BCUT2D eigenvalue weighted by molar-refractivity contribution is 5.93. The molecule has 1 saturated heterocycles. The zero-order chi connectivity index (χ0) is 15.4. The molecule has 1 aromatic carbocycles. The Labute approximate surface area is 131 Å². The van der Waals surface area contributed by atoms with Crippen molar-refractivity contribution in [3.63, 3.8) is 0 Å². The number of carbonyl (C=O) groups is 1. The second-order valence-electron chi connectivity index (χ2n) is 5.80. The smallest absolute Gasteiger partial charge is 0.272 e. The number of rotatable bonds is 4. The van der Waals surface area contributed by atoms with Crippen molar-refractivity contribution in [2.24, 2.45) is 5.92 Å². The number of likely N-dealkylation sites (tertiary alicyclic amines) is 1. The lowest BCUT2D eigenvalue weighted by Crippen LogP contribution is -2.43. The largest absolute Gasteiger partial charge is 0.337 e. The van der Waals surface area contributed by atoms with E-state index in [0.29, 0.717) is 11.6 Å². The number of nitrogens with zero attached hydrogens (tertiary/aromatic N) is 3.